The van der Waals surface area contributed by atoms with E-state index in [0.717, 1.165) is 23.2 Å². The van der Waals surface area contributed by atoms with E-state index in [0.29, 0.717) is 49.3 Å². The molecule has 0 aliphatic carbocycles. The summed E-state index contributed by atoms with van der Waals surface area (Å²) in [6.45, 7) is 1.67. The lowest BCUT2D eigenvalue weighted by Crippen LogP contribution is -2.48. The Kier molecular flexibility index (Phi) is 4.92. The molecule has 7 nitrogen and oxygen atoms in total. The molecule has 3 amide bonds. The Balaban J connectivity index is 1.09. The van der Waals surface area contributed by atoms with Crippen LogP contribution in [0.3, 0.4) is 0 Å². The summed E-state index contributed by atoms with van der Waals surface area (Å²) in [6.07, 6.45) is 1.24. The number of hydrogen-bond acceptors (Lipinski definition) is 3. The van der Waals surface area contributed by atoms with E-state index >= 15 is 0 Å². The molecule has 1 atom stereocenters. The summed E-state index contributed by atoms with van der Waals surface area (Å²) in [6, 6.07) is 23.0. The number of anilines is 1. The van der Waals surface area contributed by atoms with Crippen molar-refractivity contribution in [3.63, 3.8) is 0 Å². The summed E-state index contributed by atoms with van der Waals surface area (Å²) >= 11 is 0. The van der Waals surface area contributed by atoms with E-state index < -0.39 is 6.17 Å². The molecule has 1 unspecified atom stereocenters. The van der Waals surface area contributed by atoms with Gasteiger partial charge >= 0.3 is 0 Å². The highest BCUT2D eigenvalue weighted by atomic mass is 16.2. The van der Waals surface area contributed by atoms with Gasteiger partial charge in [-0.2, -0.15) is 0 Å². The number of aromatic amines is 1. The molecule has 0 saturated heterocycles. The minimum Gasteiger partial charge on any atom is -0.357 e. The number of rotatable bonds is 4. The highest BCUT2D eigenvalue weighted by Crippen LogP contribution is 2.45. The van der Waals surface area contributed by atoms with Gasteiger partial charge in [-0.05, 0) is 42.7 Å². The predicted molar refractivity (Wildman–Crippen MR) is 140 cm³/mol. The van der Waals surface area contributed by atoms with Crippen molar-refractivity contribution in [3.8, 4) is 0 Å². The summed E-state index contributed by atoms with van der Waals surface area (Å²) < 4.78 is 0. The summed E-state index contributed by atoms with van der Waals surface area (Å²) in [5.74, 6) is -0.104. The molecule has 1 aromatic heterocycles. The van der Waals surface area contributed by atoms with E-state index in [9.17, 15) is 14.4 Å². The molecule has 0 bridgehead atoms. The fourth-order valence-corrected chi connectivity index (χ4v) is 6.16. The number of nitrogens with one attached hydrogen (secondary N) is 1. The van der Waals surface area contributed by atoms with Gasteiger partial charge in [0.05, 0.1) is 17.8 Å². The number of aromatic nitrogens is 1. The van der Waals surface area contributed by atoms with Crippen molar-refractivity contribution in [1.82, 2.24) is 14.8 Å². The zero-order valence-electron chi connectivity index (χ0n) is 20.3. The largest absolute Gasteiger partial charge is 0.357 e. The third kappa shape index (κ3) is 3.30. The summed E-state index contributed by atoms with van der Waals surface area (Å²) in [5.41, 5.74) is 6.16. The first kappa shape index (κ1) is 21.9. The fraction of sp³-hybridized carbons (Fsp3) is 0.233. The second-order valence-corrected chi connectivity index (χ2v) is 9.95. The van der Waals surface area contributed by atoms with Crippen molar-refractivity contribution >= 4 is 34.3 Å². The molecule has 0 saturated carbocycles. The SMILES string of the molecule is O=C(CCCN1C(=O)c2ccccc2N2C(=O)c3ccccc3C12)N1CCc2c([nH]c3ccccc23)C1. The number of fused-ring (bicyclic) bond motifs is 8. The molecule has 3 aliphatic rings. The average Bonchev–Trinajstić information content (AvgIpc) is 3.45. The van der Waals surface area contributed by atoms with E-state index in [1.165, 1.54) is 10.9 Å². The number of hydrogen-bond donors (Lipinski definition) is 1. The molecular formula is C30H26N4O3. The third-order valence-electron chi connectivity index (χ3n) is 7.91. The molecule has 3 aromatic carbocycles. The Morgan fingerprint density at radius 2 is 1.65 bits per heavy atom. The highest BCUT2D eigenvalue weighted by molar-refractivity contribution is 6.16. The number of H-pyrrole nitrogens is 1. The zero-order valence-corrected chi connectivity index (χ0v) is 20.3. The maximum atomic E-state index is 13.6. The average molecular weight is 491 g/mol. The van der Waals surface area contributed by atoms with Crippen molar-refractivity contribution in [2.45, 2.75) is 32.0 Å². The maximum absolute atomic E-state index is 13.6. The van der Waals surface area contributed by atoms with Crippen molar-refractivity contribution in [2.24, 2.45) is 0 Å². The summed E-state index contributed by atoms with van der Waals surface area (Å²) in [4.78, 5) is 48.9. The van der Waals surface area contributed by atoms with Crippen LogP contribution in [0.2, 0.25) is 0 Å². The normalized spacial score (nSPS) is 18.1. The summed E-state index contributed by atoms with van der Waals surface area (Å²) in [5, 5.41) is 1.24. The first-order valence-corrected chi connectivity index (χ1v) is 12.8. The lowest BCUT2D eigenvalue weighted by atomic mass is 10.0. The van der Waals surface area contributed by atoms with Crippen LogP contribution in [-0.2, 0) is 17.8 Å². The van der Waals surface area contributed by atoms with Crippen LogP contribution in [0.4, 0.5) is 5.69 Å². The highest BCUT2D eigenvalue weighted by Gasteiger charge is 2.47. The smallest absolute Gasteiger partial charge is 0.260 e. The summed E-state index contributed by atoms with van der Waals surface area (Å²) in [7, 11) is 0. The molecule has 0 spiro atoms. The number of nitrogens with zero attached hydrogens (tertiary/aromatic N) is 3. The van der Waals surface area contributed by atoms with Gasteiger partial charge in [0.2, 0.25) is 5.91 Å². The van der Waals surface area contributed by atoms with Crippen molar-refractivity contribution in [2.75, 3.05) is 18.0 Å². The fourth-order valence-electron chi connectivity index (χ4n) is 6.16. The third-order valence-corrected chi connectivity index (χ3v) is 7.91. The second kappa shape index (κ2) is 8.34. The van der Waals surface area contributed by atoms with Crippen LogP contribution in [0.15, 0.2) is 72.8 Å². The van der Waals surface area contributed by atoms with E-state index in [1.807, 2.05) is 59.5 Å². The molecule has 4 heterocycles. The number of amides is 3. The molecule has 0 fully saturated rings. The number of para-hydroxylation sites is 2. The lowest BCUT2D eigenvalue weighted by Gasteiger charge is -2.41. The number of carbonyl (C=O) groups is 3. The van der Waals surface area contributed by atoms with E-state index in [2.05, 4.69) is 17.1 Å². The first-order valence-electron chi connectivity index (χ1n) is 12.8. The van der Waals surface area contributed by atoms with Crippen molar-refractivity contribution in [3.05, 3.63) is 101 Å². The van der Waals surface area contributed by atoms with Crippen LogP contribution in [0.25, 0.3) is 10.9 Å². The Morgan fingerprint density at radius 1 is 0.892 bits per heavy atom. The van der Waals surface area contributed by atoms with Crippen LogP contribution in [0.1, 0.15) is 56.5 Å². The minimum atomic E-state index is -0.481. The van der Waals surface area contributed by atoms with Gasteiger partial charge in [0.1, 0.15) is 6.17 Å². The standard InChI is InChI=1S/C30H26N4O3/c35-27(32-17-15-20-19-8-3-5-12-24(19)31-25(20)18-32)14-7-16-33-28-21-9-1-2-10-22(21)30(37)34(28)26-13-6-4-11-23(26)29(33)36/h1-6,8-13,28,31H,7,14-18H2. The molecule has 3 aliphatic heterocycles. The van der Waals surface area contributed by atoms with Gasteiger partial charge in [0.15, 0.2) is 0 Å². The van der Waals surface area contributed by atoms with Gasteiger partial charge in [0, 0.05) is 47.2 Å². The molecular weight excluding hydrogens is 464 g/mol. The van der Waals surface area contributed by atoms with Gasteiger partial charge < -0.3 is 14.8 Å². The van der Waals surface area contributed by atoms with Crippen molar-refractivity contribution < 1.29 is 14.4 Å². The van der Waals surface area contributed by atoms with Crippen molar-refractivity contribution in [1.29, 1.82) is 0 Å². The molecule has 0 radical (unpaired) electrons. The first-order chi connectivity index (χ1) is 18.1. The predicted octanol–water partition coefficient (Wildman–Crippen LogP) is 4.65. The van der Waals surface area contributed by atoms with Crippen LogP contribution < -0.4 is 4.90 Å². The molecule has 7 heteroatoms. The van der Waals surface area contributed by atoms with Gasteiger partial charge in [-0.1, -0.05) is 48.5 Å². The maximum Gasteiger partial charge on any atom is 0.260 e. The van der Waals surface area contributed by atoms with Crippen LogP contribution >= 0.6 is 0 Å². The Bertz CT molecular complexity index is 1590. The van der Waals surface area contributed by atoms with Crippen LogP contribution in [-0.4, -0.2) is 45.6 Å². The van der Waals surface area contributed by atoms with Crippen LogP contribution in [0, 0.1) is 0 Å². The monoisotopic (exact) mass is 490 g/mol. The van der Waals surface area contributed by atoms with E-state index in [1.54, 1.807) is 15.9 Å². The Labute approximate surface area is 214 Å². The minimum absolute atomic E-state index is 0.0916. The van der Waals surface area contributed by atoms with Gasteiger partial charge in [-0.3, -0.25) is 19.3 Å². The molecule has 184 valence electrons. The van der Waals surface area contributed by atoms with Crippen LogP contribution in [0.5, 0.6) is 0 Å². The zero-order chi connectivity index (χ0) is 25.1. The molecule has 7 rings (SSSR count). The van der Waals surface area contributed by atoms with Gasteiger partial charge in [-0.15, -0.1) is 0 Å². The molecule has 4 aromatic rings. The number of carbonyl (C=O) groups excluding carboxylic acids is 3. The molecule has 1 N–H and O–H groups in total. The second-order valence-electron chi connectivity index (χ2n) is 9.95. The molecule has 37 heavy (non-hydrogen) atoms. The number of benzene rings is 3. The van der Waals surface area contributed by atoms with E-state index in [-0.39, 0.29) is 17.7 Å². The van der Waals surface area contributed by atoms with E-state index in [4.69, 9.17) is 0 Å². The Morgan fingerprint density at radius 3 is 2.54 bits per heavy atom. The van der Waals surface area contributed by atoms with Gasteiger partial charge in [0.25, 0.3) is 11.8 Å². The lowest BCUT2D eigenvalue weighted by molar-refractivity contribution is -0.132. The van der Waals surface area contributed by atoms with Gasteiger partial charge in [-0.25, -0.2) is 0 Å². The Hall–Kier alpha value is -4.39. The quantitative estimate of drug-likeness (QED) is 0.453. The topological polar surface area (TPSA) is 76.7 Å².